The second-order valence-electron chi connectivity index (χ2n) is 4.92. The second-order valence-corrected chi connectivity index (χ2v) is 6.83. The van der Waals surface area contributed by atoms with Crippen LogP contribution in [0.3, 0.4) is 0 Å². The molecule has 0 fully saturated rings. The molecule has 0 spiro atoms. The van der Waals surface area contributed by atoms with Crippen molar-refractivity contribution in [2.75, 3.05) is 13.2 Å². The number of fused-ring (bicyclic) bond motifs is 1. The predicted molar refractivity (Wildman–Crippen MR) is 87.1 cm³/mol. The van der Waals surface area contributed by atoms with Gasteiger partial charge in [-0.25, -0.2) is 4.98 Å². The van der Waals surface area contributed by atoms with Gasteiger partial charge in [0.05, 0.1) is 28.4 Å². The molecule has 0 radical (unpaired) electrons. The zero-order valence-corrected chi connectivity index (χ0v) is 14.2. The van der Waals surface area contributed by atoms with Gasteiger partial charge in [-0.3, -0.25) is 0 Å². The van der Waals surface area contributed by atoms with Crippen LogP contribution < -0.4 is 14.8 Å². The first-order chi connectivity index (χ1) is 10.2. The lowest BCUT2D eigenvalue weighted by Crippen LogP contribution is -2.13. The van der Waals surface area contributed by atoms with E-state index < -0.39 is 0 Å². The average molecular weight is 369 g/mol. The molecule has 0 saturated heterocycles. The maximum absolute atomic E-state index is 5.74. The molecule has 0 aliphatic carbocycles. The monoisotopic (exact) mass is 368 g/mol. The Balaban J connectivity index is 1.65. The van der Waals surface area contributed by atoms with Gasteiger partial charge in [0.1, 0.15) is 0 Å². The number of nitrogens with zero attached hydrogens (tertiary/aromatic N) is 1. The summed E-state index contributed by atoms with van der Waals surface area (Å²) in [6.45, 7) is 4.97. The molecule has 0 unspecified atom stereocenters. The molecule has 2 aromatic rings. The van der Waals surface area contributed by atoms with Crippen LogP contribution in [0.2, 0.25) is 0 Å². The largest absolute Gasteiger partial charge is 0.490 e. The summed E-state index contributed by atoms with van der Waals surface area (Å²) in [7, 11) is 0. The molecular formula is C15H17BrN2O2S. The highest BCUT2D eigenvalue weighted by molar-refractivity contribution is 9.10. The summed E-state index contributed by atoms with van der Waals surface area (Å²) in [6.07, 6.45) is 0.915. The molecule has 112 valence electrons. The van der Waals surface area contributed by atoms with Crippen molar-refractivity contribution < 1.29 is 9.47 Å². The van der Waals surface area contributed by atoms with E-state index in [0.29, 0.717) is 13.2 Å². The standard InChI is InChI=1S/C15H17BrN2O2S/c1-10-18-12(9-21-10)8-17-7-11-5-13(16)15-14(6-11)19-3-2-4-20-15/h5-6,9,17H,2-4,7-8H2,1H3. The van der Waals surface area contributed by atoms with Gasteiger partial charge in [0, 0.05) is 24.9 Å². The van der Waals surface area contributed by atoms with Crippen molar-refractivity contribution in [3.8, 4) is 11.5 Å². The summed E-state index contributed by atoms with van der Waals surface area (Å²) in [5.74, 6) is 1.63. The van der Waals surface area contributed by atoms with E-state index in [2.05, 4.69) is 37.7 Å². The first kappa shape index (κ1) is 14.8. The number of thiazole rings is 1. The number of hydrogen-bond donors (Lipinski definition) is 1. The van der Waals surface area contributed by atoms with Crippen molar-refractivity contribution in [2.45, 2.75) is 26.4 Å². The van der Waals surface area contributed by atoms with Crippen LogP contribution >= 0.6 is 27.3 Å². The number of aromatic nitrogens is 1. The number of nitrogens with one attached hydrogen (secondary N) is 1. The van der Waals surface area contributed by atoms with Gasteiger partial charge in [-0.15, -0.1) is 11.3 Å². The lowest BCUT2D eigenvalue weighted by Gasteiger charge is -2.12. The van der Waals surface area contributed by atoms with E-state index in [-0.39, 0.29) is 0 Å². The van der Waals surface area contributed by atoms with Crippen molar-refractivity contribution in [1.29, 1.82) is 0 Å². The van der Waals surface area contributed by atoms with Gasteiger partial charge in [0.25, 0.3) is 0 Å². The topological polar surface area (TPSA) is 43.4 Å². The maximum Gasteiger partial charge on any atom is 0.175 e. The van der Waals surface area contributed by atoms with Gasteiger partial charge in [0.15, 0.2) is 11.5 Å². The SMILES string of the molecule is Cc1nc(CNCc2cc(Br)c3c(c2)OCCCO3)cs1. The van der Waals surface area contributed by atoms with Crippen molar-refractivity contribution in [2.24, 2.45) is 0 Å². The minimum absolute atomic E-state index is 0.701. The van der Waals surface area contributed by atoms with E-state index >= 15 is 0 Å². The quantitative estimate of drug-likeness (QED) is 0.893. The average Bonchev–Trinajstić information content (AvgIpc) is 2.73. The minimum Gasteiger partial charge on any atom is -0.490 e. The molecule has 0 bridgehead atoms. The second kappa shape index (κ2) is 6.77. The molecule has 0 atom stereocenters. The fraction of sp³-hybridized carbons (Fsp3) is 0.400. The van der Waals surface area contributed by atoms with Gasteiger partial charge in [-0.05, 0) is 40.5 Å². The number of halogens is 1. The third kappa shape index (κ3) is 3.75. The van der Waals surface area contributed by atoms with Gasteiger partial charge < -0.3 is 14.8 Å². The van der Waals surface area contributed by atoms with Crippen molar-refractivity contribution in [3.05, 3.63) is 38.3 Å². The summed E-state index contributed by atoms with van der Waals surface area (Å²) in [5, 5.41) is 6.60. The Hall–Kier alpha value is -1.11. The Bertz CT molecular complexity index is 630. The molecule has 0 saturated carbocycles. The summed E-state index contributed by atoms with van der Waals surface area (Å²) >= 11 is 5.24. The molecule has 1 N–H and O–H groups in total. The zero-order valence-electron chi connectivity index (χ0n) is 11.8. The molecular weight excluding hydrogens is 352 g/mol. The number of aryl methyl sites for hydroxylation is 1. The Morgan fingerprint density at radius 1 is 1.29 bits per heavy atom. The van der Waals surface area contributed by atoms with Crippen LogP contribution in [0.5, 0.6) is 11.5 Å². The predicted octanol–water partition coefficient (Wildman–Crippen LogP) is 3.67. The molecule has 0 amide bonds. The minimum atomic E-state index is 0.701. The van der Waals surface area contributed by atoms with Crippen LogP contribution in [0.15, 0.2) is 22.0 Å². The normalized spacial score (nSPS) is 14.0. The van der Waals surface area contributed by atoms with Crippen molar-refractivity contribution in [3.63, 3.8) is 0 Å². The molecule has 2 heterocycles. The molecule has 1 aromatic heterocycles. The summed E-state index contributed by atoms with van der Waals surface area (Å²) in [4.78, 5) is 4.44. The van der Waals surface area contributed by atoms with Crippen LogP contribution in [0.4, 0.5) is 0 Å². The molecule has 3 rings (SSSR count). The molecule has 1 aliphatic heterocycles. The van der Waals surface area contributed by atoms with Gasteiger partial charge in [0.2, 0.25) is 0 Å². The third-order valence-electron chi connectivity index (χ3n) is 3.16. The Morgan fingerprint density at radius 2 is 2.14 bits per heavy atom. The highest BCUT2D eigenvalue weighted by Gasteiger charge is 2.15. The van der Waals surface area contributed by atoms with Crippen LogP contribution in [0, 0.1) is 6.92 Å². The van der Waals surface area contributed by atoms with Crippen molar-refractivity contribution >= 4 is 27.3 Å². The maximum atomic E-state index is 5.74. The molecule has 21 heavy (non-hydrogen) atoms. The van der Waals surface area contributed by atoms with E-state index in [1.807, 2.05) is 13.0 Å². The summed E-state index contributed by atoms with van der Waals surface area (Å²) < 4.78 is 12.4. The highest BCUT2D eigenvalue weighted by atomic mass is 79.9. The van der Waals surface area contributed by atoms with E-state index in [1.54, 1.807) is 11.3 Å². The summed E-state index contributed by atoms with van der Waals surface area (Å²) in [5.41, 5.74) is 2.25. The van der Waals surface area contributed by atoms with Gasteiger partial charge in [-0.1, -0.05) is 0 Å². The molecule has 1 aliphatic rings. The number of rotatable bonds is 4. The third-order valence-corrected chi connectivity index (χ3v) is 4.58. The summed E-state index contributed by atoms with van der Waals surface area (Å²) in [6, 6.07) is 4.12. The van der Waals surface area contributed by atoms with Gasteiger partial charge in [-0.2, -0.15) is 0 Å². The fourth-order valence-electron chi connectivity index (χ4n) is 2.21. The van der Waals surface area contributed by atoms with Crippen LogP contribution in [0.25, 0.3) is 0 Å². The Morgan fingerprint density at radius 3 is 2.95 bits per heavy atom. The molecule has 6 heteroatoms. The first-order valence-corrected chi connectivity index (χ1v) is 8.59. The van der Waals surface area contributed by atoms with Crippen LogP contribution in [-0.4, -0.2) is 18.2 Å². The highest BCUT2D eigenvalue weighted by Crippen LogP contribution is 2.38. The van der Waals surface area contributed by atoms with Crippen LogP contribution in [0.1, 0.15) is 22.7 Å². The Labute approximate surface area is 136 Å². The Kier molecular flexibility index (Phi) is 4.77. The van der Waals surface area contributed by atoms with E-state index in [9.17, 15) is 0 Å². The van der Waals surface area contributed by atoms with E-state index in [4.69, 9.17) is 9.47 Å². The molecule has 1 aromatic carbocycles. The lowest BCUT2D eigenvalue weighted by molar-refractivity contribution is 0.296. The smallest absolute Gasteiger partial charge is 0.175 e. The number of benzene rings is 1. The van der Waals surface area contributed by atoms with Crippen LogP contribution in [-0.2, 0) is 13.1 Å². The van der Waals surface area contributed by atoms with Gasteiger partial charge >= 0.3 is 0 Å². The number of hydrogen-bond acceptors (Lipinski definition) is 5. The fourth-order valence-corrected chi connectivity index (χ4v) is 3.43. The zero-order chi connectivity index (χ0) is 14.7. The van der Waals surface area contributed by atoms with E-state index in [1.165, 1.54) is 0 Å². The number of ether oxygens (including phenoxy) is 2. The van der Waals surface area contributed by atoms with Crippen molar-refractivity contribution in [1.82, 2.24) is 10.3 Å². The lowest BCUT2D eigenvalue weighted by atomic mass is 10.2. The van der Waals surface area contributed by atoms with E-state index in [0.717, 1.165) is 51.7 Å². The first-order valence-electron chi connectivity index (χ1n) is 6.92. The molecule has 4 nitrogen and oxygen atoms in total.